The highest BCUT2D eigenvalue weighted by molar-refractivity contribution is 5.94. The first-order chi connectivity index (χ1) is 22.7. The number of nitrogens with one attached hydrogen (secondary N) is 2. The van der Waals surface area contributed by atoms with E-state index in [1.54, 1.807) is 0 Å². The van der Waals surface area contributed by atoms with E-state index in [2.05, 4.69) is 94.5 Å². The third-order valence-corrected chi connectivity index (χ3v) is 8.10. The molecule has 214 valence electrons. The van der Waals surface area contributed by atoms with Gasteiger partial charge in [-0.3, -0.25) is 0 Å². The van der Waals surface area contributed by atoms with Crippen molar-refractivity contribution in [3.63, 3.8) is 0 Å². The largest absolute Gasteiger partial charge is 0.355 e. The van der Waals surface area contributed by atoms with Gasteiger partial charge in [0.15, 0.2) is 0 Å². The van der Waals surface area contributed by atoms with Crippen LogP contribution in [0.5, 0.6) is 0 Å². The molecule has 0 saturated carbocycles. The van der Waals surface area contributed by atoms with Crippen molar-refractivity contribution in [1.82, 2.24) is 19.9 Å². The first-order valence-electron chi connectivity index (χ1n) is 15.1. The van der Waals surface area contributed by atoms with Crippen LogP contribution < -0.4 is 0 Å². The van der Waals surface area contributed by atoms with Gasteiger partial charge in [-0.1, -0.05) is 90.6 Å². The summed E-state index contributed by atoms with van der Waals surface area (Å²) < 4.78 is 0. The zero-order valence-corrected chi connectivity index (χ0v) is 24.8. The molecule has 0 unspecified atom stereocenters. The molecule has 4 nitrogen and oxygen atoms in total. The average molecular weight is 587 g/mol. The Hall–Kier alpha value is -6.62. The van der Waals surface area contributed by atoms with E-state index in [0.717, 1.165) is 83.8 Å². The molecule has 0 atom stereocenters. The summed E-state index contributed by atoms with van der Waals surface area (Å²) in [5, 5.41) is 0. The van der Waals surface area contributed by atoms with Crippen LogP contribution >= 0.6 is 0 Å². The highest BCUT2D eigenvalue weighted by Crippen LogP contribution is 2.33. The van der Waals surface area contributed by atoms with Crippen molar-refractivity contribution in [2.24, 2.45) is 0 Å². The Morgan fingerprint density at radius 2 is 0.957 bits per heavy atom. The molecule has 2 N–H and O–H groups in total. The van der Waals surface area contributed by atoms with Crippen LogP contribution in [0.1, 0.15) is 39.5 Å². The lowest BCUT2D eigenvalue weighted by molar-refractivity contribution is 1.26. The van der Waals surface area contributed by atoms with Crippen molar-refractivity contribution in [3.8, 4) is 46.4 Å². The number of H-pyrrole nitrogens is 2. The summed E-state index contributed by atoms with van der Waals surface area (Å²) in [4.78, 5) is 17.6. The van der Waals surface area contributed by atoms with Gasteiger partial charge in [0.25, 0.3) is 0 Å². The molecule has 4 heteroatoms. The molecule has 8 bridgehead atoms. The van der Waals surface area contributed by atoms with Crippen molar-refractivity contribution in [1.29, 1.82) is 0 Å². The zero-order chi connectivity index (χ0) is 30.9. The first kappa shape index (κ1) is 27.0. The summed E-state index contributed by atoms with van der Waals surface area (Å²) in [5.74, 6) is 9.51. The fourth-order valence-corrected chi connectivity index (χ4v) is 5.93. The van der Waals surface area contributed by atoms with Crippen LogP contribution in [0.4, 0.5) is 0 Å². The Labute approximate surface area is 266 Å². The van der Waals surface area contributed by atoms with Gasteiger partial charge >= 0.3 is 0 Å². The van der Waals surface area contributed by atoms with Gasteiger partial charge in [-0.05, 0) is 77.9 Å². The van der Waals surface area contributed by atoms with Crippen LogP contribution in [0.3, 0.4) is 0 Å². The van der Waals surface area contributed by atoms with Gasteiger partial charge < -0.3 is 9.97 Å². The molecule has 0 amide bonds. The quantitative estimate of drug-likeness (QED) is 0.198. The van der Waals surface area contributed by atoms with Gasteiger partial charge in [0.2, 0.25) is 0 Å². The number of aromatic nitrogens is 4. The predicted octanol–water partition coefficient (Wildman–Crippen LogP) is 9.37. The van der Waals surface area contributed by atoms with E-state index in [1.807, 2.05) is 72.8 Å². The van der Waals surface area contributed by atoms with Crippen LogP contribution in [0.25, 0.3) is 68.6 Å². The molecule has 3 aromatic heterocycles. The van der Waals surface area contributed by atoms with Gasteiger partial charge in [-0.2, -0.15) is 0 Å². The smallest absolute Gasteiger partial charge is 0.0816 e. The zero-order valence-electron chi connectivity index (χ0n) is 24.8. The summed E-state index contributed by atoms with van der Waals surface area (Å²) in [7, 11) is 0. The normalized spacial score (nSPS) is 11.5. The summed E-state index contributed by atoms with van der Waals surface area (Å²) in [6.45, 7) is 0. The minimum absolute atomic E-state index is 0.726. The highest BCUT2D eigenvalue weighted by Gasteiger charge is 2.16. The van der Waals surface area contributed by atoms with Crippen molar-refractivity contribution in [3.05, 3.63) is 155 Å². The predicted molar refractivity (Wildman–Crippen MR) is 190 cm³/mol. The Bertz CT molecular complexity index is 2340. The number of hydrogen-bond acceptors (Lipinski definition) is 2. The number of fused-ring (bicyclic) bond motifs is 8. The van der Waals surface area contributed by atoms with Gasteiger partial charge in [-0.25, -0.2) is 9.97 Å². The van der Waals surface area contributed by atoms with E-state index in [-0.39, 0.29) is 0 Å². The maximum absolute atomic E-state index is 5.81. The van der Waals surface area contributed by atoms with E-state index < -0.39 is 0 Å². The average Bonchev–Trinajstić information content (AvgIpc) is 3.93. The molecule has 3 aromatic carbocycles. The Morgan fingerprint density at radius 3 is 1.48 bits per heavy atom. The number of hydrogen-bond donors (Lipinski definition) is 2. The molecular weight excluding hydrogens is 560 g/mol. The van der Waals surface area contributed by atoms with Gasteiger partial charge in [0.05, 0.1) is 28.3 Å². The second kappa shape index (κ2) is 11.5. The number of nitrogens with zero attached hydrogens (tertiary/aromatic N) is 2. The van der Waals surface area contributed by atoms with Crippen LogP contribution in [0.2, 0.25) is 0 Å². The maximum atomic E-state index is 5.81. The van der Waals surface area contributed by atoms with Gasteiger partial charge in [-0.15, -0.1) is 6.42 Å². The third-order valence-electron chi connectivity index (χ3n) is 8.10. The highest BCUT2D eigenvalue weighted by atomic mass is 14.8. The second-order valence-electron chi connectivity index (χ2n) is 11.0. The fraction of sp³-hybridized carbons (Fsp3) is 0. The molecule has 0 spiro atoms. The van der Waals surface area contributed by atoms with Crippen LogP contribution in [-0.4, -0.2) is 19.9 Å². The summed E-state index contributed by atoms with van der Waals surface area (Å²) in [5.41, 5.74) is 13.5. The minimum Gasteiger partial charge on any atom is -0.355 e. The molecule has 46 heavy (non-hydrogen) atoms. The molecule has 0 fully saturated rings. The van der Waals surface area contributed by atoms with Crippen molar-refractivity contribution in [2.45, 2.75) is 0 Å². The fourth-order valence-electron chi connectivity index (χ4n) is 5.93. The topological polar surface area (TPSA) is 57.4 Å². The number of rotatable bonds is 2. The lowest BCUT2D eigenvalue weighted by Gasteiger charge is -2.04. The van der Waals surface area contributed by atoms with E-state index >= 15 is 0 Å². The van der Waals surface area contributed by atoms with E-state index in [1.165, 1.54) is 0 Å². The molecule has 0 saturated heterocycles. The molecule has 2 aliphatic rings. The van der Waals surface area contributed by atoms with Gasteiger partial charge in [0, 0.05) is 44.3 Å². The van der Waals surface area contributed by atoms with Crippen LogP contribution in [0.15, 0.2) is 115 Å². The Kier molecular flexibility index (Phi) is 6.72. The van der Waals surface area contributed by atoms with Crippen LogP contribution in [-0.2, 0) is 0 Å². The monoisotopic (exact) mass is 586 g/mol. The molecule has 0 radical (unpaired) electrons. The summed E-state index contributed by atoms with van der Waals surface area (Å²) in [6, 6.07) is 38.9. The number of benzene rings is 3. The lowest BCUT2D eigenvalue weighted by atomic mass is 10.0. The molecule has 6 aromatic rings. The SMILES string of the molecule is C#Cc1ccccc1C#Cc1c2nc(c(-c3ccccc3)c3ccc(cc4ccc([nH]4)c(-c4ccccc4)c4nc1C=C4)[nH]3)C=C2. The molecule has 0 aliphatic carbocycles. The number of terminal acetylenes is 1. The molecule has 8 rings (SSSR count). The second-order valence-corrected chi connectivity index (χ2v) is 11.0. The molecule has 5 heterocycles. The lowest BCUT2D eigenvalue weighted by Crippen LogP contribution is -1.91. The Morgan fingerprint density at radius 1 is 0.478 bits per heavy atom. The summed E-state index contributed by atoms with van der Waals surface area (Å²) >= 11 is 0. The van der Waals surface area contributed by atoms with Crippen molar-refractivity contribution >= 4 is 46.4 Å². The van der Waals surface area contributed by atoms with Crippen molar-refractivity contribution < 1.29 is 0 Å². The van der Waals surface area contributed by atoms with E-state index in [4.69, 9.17) is 16.4 Å². The molecule has 2 aliphatic heterocycles. The summed E-state index contributed by atoms with van der Waals surface area (Å²) in [6.07, 6.45) is 14.0. The minimum atomic E-state index is 0.726. The number of aromatic amines is 2. The standard InChI is InChI=1S/C42H26N4/c1-2-28-11-9-10-12-29(28)17-20-34-35-23-25-39(45-35)41(30-13-5-3-6-14-30)37-21-18-32(43-37)27-33-19-22-38(44-33)42(31-15-7-4-8-16-31)40-26-24-36(34)46-40/h1,3-16,18-19,21-27,43-44H. The molecular formula is C42H26N4. The van der Waals surface area contributed by atoms with Crippen molar-refractivity contribution in [2.75, 3.05) is 0 Å². The third kappa shape index (κ3) is 5.01. The van der Waals surface area contributed by atoms with E-state index in [9.17, 15) is 0 Å². The van der Waals surface area contributed by atoms with Gasteiger partial charge in [0.1, 0.15) is 0 Å². The maximum Gasteiger partial charge on any atom is 0.0816 e. The Balaban J connectivity index is 1.50. The first-order valence-corrected chi connectivity index (χ1v) is 15.1. The van der Waals surface area contributed by atoms with E-state index in [0.29, 0.717) is 0 Å². The van der Waals surface area contributed by atoms with Crippen LogP contribution in [0, 0.1) is 24.2 Å².